The van der Waals surface area contributed by atoms with Gasteiger partial charge in [-0.15, -0.1) is 0 Å². The summed E-state index contributed by atoms with van der Waals surface area (Å²) < 4.78 is 4.63. The second-order valence-corrected chi connectivity index (χ2v) is 5.31. The number of fused-ring (bicyclic) bond motifs is 1. The molecule has 0 amide bonds. The van der Waals surface area contributed by atoms with Crippen LogP contribution in [0.4, 0.5) is 5.69 Å². The largest absolute Gasteiger partial charge is 0.464 e. The standard InChI is InChI=1S/C18H15N5O3/c1-26-18(25)15-9-12(6-7-20-15)21-10-16(23-19)13-8-11-4-2-3-5-14(11)22-17(13)24/h2-10,19H,1H3,(H,20,21)(H,22,24)/b16-10-,23-19?. The van der Waals surface area contributed by atoms with E-state index in [4.69, 9.17) is 5.53 Å². The summed E-state index contributed by atoms with van der Waals surface area (Å²) in [6.45, 7) is 0. The molecule has 26 heavy (non-hydrogen) atoms. The molecule has 0 fully saturated rings. The van der Waals surface area contributed by atoms with Crippen molar-refractivity contribution in [1.29, 1.82) is 5.53 Å². The van der Waals surface area contributed by atoms with Gasteiger partial charge in [-0.25, -0.2) is 15.3 Å². The first-order chi connectivity index (χ1) is 12.6. The number of para-hydroxylation sites is 1. The third kappa shape index (κ3) is 3.48. The van der Waals surface area contributed by atoms with Gasteiger partial charge in [-0.05, 0) is 29.7 Å². The third-order valence-electron chi connectivity index (χ3n) is 3.68. The van der Waals surface area contributed by atoms with E-state index >= 15 is 0 Å². The fourth-order valence-corrected chi connectivity index (χ4v) is 2.40. The van der Waals surface area contributed by atoms with Gasteiger partial charge >= 0.3 is 5.97 Å². The lowest BCUT2D eigenvalue weighted by atomic mass is 10.1. The van der Waals surface area contributed by atoms with Gasteiger partial charge in [0.05, 0.1) is 12.7 Å². The Balaban J connectivity index is 1.94. The van der Waals surface area contributed by atoms with Crippen molar-refractivity contribution < 1.29 is 9.53 Å². The first-order valence-corrected chi connectivity index (χ1v) is 7.63. The second kappa shape index (κ2) is 7.39. The summed E-state index contributed by atoms with van der Waals surface area (Å²) in [5.74, 6) is -0.561. The Morgan fingerprint density at radius 3 is 2.88 bits per heavy atom. The first-order valence-electron chi connectivity index (χ1n) is 7.63. The van der Waals surface area contributed by atoms with E-state index in [1.807, 2.05) is 18.2 Å². The number of methoxy groups -OCH3 is 1. The van der Waals surface area contributed by atoms with E-state index < -0.39 is 5.97 Å². The van der Waals surface area contributed by atoms with E-state index in [2.05, 4.69) is 25.1 Å². The fourth-order valence-electron chi connectivity index (χ4n) is 2.40. The predicted molar refractivity (Wildman–Crippen MR) is 96.9 cm³/mol. The lowest BCUT2D eigenvalue weighted by Crippen LogP contribution is -2.11. The SMILES string of the molecule is COC(=O)c1cc(N/C=C(\N=N)c2cc3ccccc3[nH]c2=O)ccn1. The fraction of sp³-hybridized carbons (Fsp3) is 0.0556. The van der Waals surface area contributed by atoms with Crippen LogP contribution in [0.2, 0.25) is 0 Å². The molecular weight excluding hydrogens is 334 g/mol. The summed E-state index contributed by atoms with van der Waals surface area (Å²) in [7, 11) is 1.27. The summed E-state index contributed by atoms with van der Waals surface area (Å²) >= 11 is 0. The predicted octanol–water partition coefficient (Wildman–Crippen LogP) is 3.15. The highest BCUT2D eigenvalue weighted by Gasteiger charge is 2.09. The van der Waals surface area contributed by atoms with Gasteiger partial charge in [-0.3, -0.25) is 4.79 Å². The van der Waals surface area contributed by atoms with E-state index in [1.54, 1.807) is 18.2 Å². The molecule has 0 aliphatic rings. The van der Waals surface area contributed by atoms with Gasteiger partial charge in [-0.1, -0.05) is 18.2 Å². The Labute approximate surface area is 148 Å². The smallest absolute Gasteiger partial charge is 0.356 e. The van der Waals surface area contributed by atoms with Crippen LogP contribution in [0.15, 0.2) is 64.8 Å². The molecule has 8 nitrogen and oxygen atoms in total. The maximum absolute atomic E-state index is 12.3. The van der Waals surface area contributed by atoms with Crippen molar-refractivity contribution in [3.63, 3.8) is 0 Å². The molecule has 3 rings (SSSR count). The molecule has 0 radical (unpaired) electrons. The summed E-state index contributed by atoms with van der Waals surface area (Å²) in [6.07, 6.45) is 2.87. The summed E-state index contributed by atoms with van der Waals surface area (Å²) in [5.41, 5.74) is 8.82. The molecule has 8 heteroatoms. The molecule has 0 unspecified atom stereocenters. The number of nitrogens with zero attached hydrogens (tertiary/aromatic N) is 2. The van der Waals surface area contributed by atoms with Crippen LogP contribution in [0.5, 0.6) is 0 Å². The van der Waals surface area contributed by atoms with Crippen LogP contribution in [-0.4, -0.2) is 23.0 Å². The van der Waals surface area contributed by atoms with E-state index in [9.17, 15) is 9.59 Å². The lowest BCUT2D eigenvalue weighted by molar-refractivity contribution is 0.0594. The van der Waals surface area contributed by atoms with Crippen LogP contribution in [0.25, 0.3) is 16.6 Å². The Morgan fingerprint density at radius 2 is 2.12 bits per heavy atom. The minimum absolute atomic E-state index is 0.138. The van der Waals surface area contributed by atoms with Crippen molar-refractivity contribution in [2.24, 2.45) is 5.11 Å². The van der Waals surface area contributed by atoms with Gasteiger partial charge in [0, 0.05) is 23.6 Å². The normalized spacial score (nSPS) is 11.2. The number of rotatable bonds is 5. The molecule has 0 aliphatic heterocycles. The van der Waals surface area contributed by atoms with Gasteiger partial charge in [0.25, 0.3) is 5.56 Å². The summed E-state index contributed by atoms with van der Waals surface area (Å²) in [5, 5.41) is 7.18. The maximum atomic E-state index is 12.3. The van der Waals surface area contributed by atoms with E-state index in [0.717, 1.165) is 5.39 Å². The number of aromatic amines is 1. The average Bonchev–Trinajstić information content (AvgIpc) is 2.68. The quantitative estimate of drug-likeness (QED) is 0.483. The summed E-state index contributed by atoms with van der Waals surface area (Å²) in [6, 6.07) is 12.1. The van der Waals surface area contributed by atoms with Crippen LogP contribution in [0.1, 0.15) is 16.1 Å². The van der Waals surface area contributed by atoms with Gasteiger partial charge in [0.1, 0.15) is 11.4 Å². The number of pyridine rings is 2. The number of carbonyl (C=O) groups excluding carboxylic acids is 1. The zero-order chi connectivity index (χ0) is 18.5. The molecule has 2 heterocycles. The molecule has 0 atom stereocenters. The number of aromatic nitrogens is 2. The van der Waals surface area contributed by atoms with Crippen molar-refractivity contribution in [2.45, 2.75) is 0 Å². The van der Waals surface area contributed by atoms with Gasteiger partial charge in [-0.2, -0.15) is 5.11 Å². The van der Waals surface area contributed by atoms with Crippen LogP contribution in [0, 0.1) is 5.53 Å². The number of ether oxygens (including phenoxy) is 1. The molecule has 3 N–H and O–H groups in total. The zero-order valence-corrected chi connectivity index (χ0v) is 13.8. The number of hydrogen-bond acceptors (Lipinski definition) is 7. The Morgan fingerprint density at radius 1 is 1.31 bits per heavy atom. The minimum Gasteiger partial charge on any atom is -0.464 e. The van der Waals surface area contributed by atoms with E-state index in [-0.39, 0.29) is 22.5 Å². The minimum atomic E-state index is -0.561. The van der Waals surface area contributed by atoms with Gasteiger partial charge in [0.15, 0.2) is 0 Å². The number of anilines is 1. The Bertz CT molecular complexity index is 1070. The summed E-state index contributed by atoms with van der Waals surface area (Å²) in [4.78, 5) is 30.5. The van der Waals surface area contributed by atoms with Gasteiger partial charge in [0.2, 0.25) is 0 Å². The van der Waals surface area contributed by atoms with Crippen molar-refractivity contribution >= 4 is 28.3 Å². The van der Waals surface area contributed by atoms with E-state index in [0.29, 0.717) is 11.2 Å². The highest BCUT2D eigenvalue weighted by molar-refractivity contribution is 5.88. The van der Waals surface area contributed by atoms with Crippen LogP contribution in [-0.2, 0) is 4.74 Å². The first kappa shape index (κ1) is 17.0. The number of nitrogens with one attached hydrogen (secondary N) is 3. The van der Waals surface area contributed by atoms with E-state index in [1.165, 1.54) is 25.6 Å². The average molecular weight is 349 g/mol. The Kier molecular flexibility index (Phi) is 4.84. The topological polar surface area (TPSA) is 120 Å². The number of H-pyrrole nitrogens is 1. The number of benzene rings is 1. The number of hydrogen-bond donors (Lipinski definition) is 3. The third-order valence-corrected chi connectivity index (χ3v) is 3.68. The van der Waals surface area contributed by atoms with Crippen LogP contribution < -0.4 is 10.9 Å². The molecule has 0 spiro atoms. The highest BCUT2D eigenvalue weighted by Crippen LogP contribution is 2.18. The second-order valence-electron chi connectivity index (χ2n) is 5.31. The Hall–Kier alpha value is -3.81. The highest BCUT2D eigenvalue weighted by atomic mass is 16.5. The molecule has 3 aromatic rings. The van der Waals surface area contributed by atoms with Crippen molar-refractivity contribution in [3.05, 3.63) is 76.5 Å². The molecule has 130 valence electrons. The maximum Gasteiger partial charge on any atom is 0.356 e. The van der Waals surface area contributed by atoms with Crippen LogP contribution >= 0.6 is 0 Å². The van der Waals surface area contributed by atoms with Crippen molar-refractivity contribution in [3.8, 4) is 0 Å². The molecule has 0 bridgehead atoms. The molecule has 0 aliphatic carbocycles. The monoisotopic (exact) mass is 349 g/mol. The molecule has 2 aromatic heterocycles. The molecule has 0 saturated heterocycles. The van der Waals surface area contributed by atoms with Crippen LogP contribution in [0.3, 0.4) is 0 Å². The van der Waals surface area contributed by atoms with Crippen molar-refractivity contribution in [1.82, 2.24) is 9.97 Å². The molecule has 1 aromatic carbocycles. The number of esters is 1. The molecular formula is C18H15N5O3. The zero-order valence-electron chi connectivity index (χ0n) is 13.8. The molecule has 0 saturated carbocycles. The van der Waals surface area contributed by atoms with Crippen molar-refractivity contribution in [2.75, 3.05) is 12.4 Å². The number of carbonyl (C=O) groups is 1. The van der Waals surface area contributed by atoms with Gasteiger partial charge < -0.3 is 15.0 Å². The lowest BCUT2D eigenvalue weighted by Gasteiger charge is -2.06.